The molecular weight excluding hydrogens is 883 g/mol. The van der Waals surface area contributed by atoms with Gasteiger partial charge in [0.1, 0.15) is 11.5 Å². The van der Waals surface area contributed by atoms with Crippen LogP contribution in [0.15, 0.2) is 246 Å². The molecule has 0 saturated carbocycles. The molecule has 352 valence electrons. The predicted molar refractivity (Wildman–Crippen MR) is 304 cm³/mol. The van der Waals surface area contributed by atoms with Crippen LogP contribution in [0, 0.1) is 19.8 Å². The van der Waals surface area contributed by atoms with Crippen molar-refractivity contribution in [3.8, 4) is 50.6 Å². The summed E-state index contributed by atoms with van der Waals surface area (Å²) in [6, 6.07) is 65.8. The van der Waals surface area contributed by atoms with Crippen LogP contribution in [-0.2, 0) is 5.41 Å². The lowest BCUT2D eigenvalue weighted by Gasteiger charge is -2.38. The average Bonchev–Trinajstić information content (AvgIpc) is 4.05. The summed E-state index contributed by atoms with van der Waals surface area (Å²) in [4.78, 5) is 0. The Kier molecular flexibility index (Phi) is 10.3. The second kappa shape index (κ2) is 17.2. The van der Waals surface area contributed by atoms with Crippen molar-refractivity contribution in [3.63, 3.8) is 0 Å². The van der Waals surface area contributed by atoms with Crippen molar-refractivity contribution in [1.82, 2.24) is 4.57 Å². The highest BCUT2D eigenvalue weighted by Gasteiger charge is 2.56. The highest BCUT2D eigenvalue weighted by atomic mass is 16.5. The topological polar surface area (TPSA) is 14.2 Å². The fourth-order valence-corrected chi connectivity index (χ4v) is 13.7. The molecule has 1 heterocycles. The summed E-state index contributed by atoms with van der Waals surface area (Å²) < 4.78 is 9.33. The van der Waals surface area contributed by atoms with E-state index in [0.29, 0.717) is 5.92 Å². The van der Waals surface area contributed by atoms with Crippen LogP contribution in [0.4, 0.5) is 0 Å². The van der Waals surface area contributed by atoms with Gasteiger partial charge in [-0.3, -0.25) is 0 Å². The molecule has 0 amide bonds. The van der Waals surface area contributed by atoms with Crippen molar-refractivity contribution in [3.05, 3.63) is 280 Å². The summed E-state index contributed by atoms with van der Waals surface area (Å²) in [5.41, 5.74) is 26.0. The van der Waals surface area contributed by atoms with Crippen LogP contribution in [0.1, 0.15) is 78.3 Å². The molecule has 0 radical (unpaired) electrons. The molecule has 5 aliphatic rings. The molecule has 3 unspecified atom stereocenters. The lowest BCUT2D eigenvalue weighted by molar-refractivity contribution is 0.472. The number of allylic oxidation sites excluding steroid dienone is 12. The number of rotatable bonds is 8. The maximum Gasteiger partial charge on any atom is 0.130 e. The van der Waals surface area contributed by atoms with Crippen molar-refractivity contribution >= 4 is 21.8 Å². The third-order valence-corrected chi connectivity index (χ3v) is 16.9. The molecule has 14 rings (SSSR count). The van der Waals surface area contributed by atoms with Crippen molar-refractivity contribution in [1.29, 1.82) is 0 Å². The van der Waals surface area contributed by atoms with E-state index < -0.39 is 5.41 Å². The molecule has 9 aromatic rings. The third kappa shape index (κ3) is 6.76. The molecule has 0 bridgehead atoms. The molecule has 73 heavy (non-hydrogen) atoms. The number of benzene rings is 8. The van der Waals surface area contributed by atoms with E-state index in [-0.39, 0.29) is 5.92 Å². The van der Waals surface area contributed by atoms with Gasteiger partial charge in [0.2, 0.25) is 0 Å². The fourth-order valence-electron chi connectivity index (χ4n) is 13.7. The lowest BCUT2D eigenvalue weighted by atomic mass is 9.63. The molecule has 2 nitrogen and oxygen atoms in total. The van der Waals surface area contributed by atoms with E-state index >= 15 is 0 Å². The molecule has 2 heteroatoms. The summed E-state index contributed by atoms with van der Waals surface area (Å²) >= 11 is 0. The van der Waals surface area contributed by atoms with Crippen LogP contribution in [0.25, 0.3) is 60.9 Å². The van der Waals surface area contributed by atoms with Gasteiger partial charge in [-0.05, 0) is 189 Å². The Bertz CT molecular complexity index is 3940. The molecule has 3 atom stereocenters. The van der Waals surface area contributed by atoms with Gasteiger partial charge in [0.15, 0.2) is 0 Å². The minimum absolute atomic E-state index is 0.246. The zero-order valence-electron chi connectivity index (χ0n) is 41.8. The average molecular weight is 940 g/mol. The van der Waals surface area contributed by atoms with E-state index in [9.17, 15) is 0 Å². The van der Waals surface area contributed by atoms with Crippen molar-refractivity contribution in [2.45, 2.75) is 64.2 Å². The van der Waals surface area contributed by atoms with Gasteiger partial charge in [-0.1, -0.05) is 182 Å². The number of hydrogen-bond donors (Lipinski definition) is 0. The fraction of sp³-hybridized carbons (Fsp3) is 0.155. The van der Waals surface area contributed by atoms with Crippen LogP contribution in [0.2, 0.25) is 0 Å². The van der Waals surface area contributed by atoms with E-state index in [1.165, 1.54) is 105 Å². The number of fused-ring (bicyclic) bond motifs is 11. The Labute approximate surface area is 429 Å². The van der Waals surface area contributed by atoms with Gasteiger partial charge < -0.3 is 9.30 Å². The Hall–Kier alpha value is -8.20. The monoisotopic (exact) mass is 939 g/mol. The number of nitrogens with zero attached hydrogens (tertiary/aromatic N) is 1. The Balaban J connectivity index is 0.877. The molecule has 5 aliphatic carbocycles. The van der Waals surface area contributed by atoms with Gasteiger partial charge >= 0.3 is 0 Å². The van der Waals surface area contributed by atoms with Crippen molar-refractivity contribution in [2.24, 2.45) is 5.92 Å². The maximum absolute atomic E-state index is 6.87. The van der Waals surface area contributed by atoms with Crippen LogP contribution >= 0.6 is 0 Å². The first kappa shape index (κ1) is 43.6. The highest BCUT2D eigenvalue weighted by Crippen LogP contribution is 2.67. The van der Waals surface area contributed by atoms with E-state index in [1.54, 1.807) is 5.57 Å². The number of hydrogen-bond acceptors (Lipinski definition) is 1. The predicted octanol–water partition coefficient (Wildman–Crippen LogP) is 18.8. The minimum atomic E-state index is -0.415. The summed E-state index contributed by atoms with van der Waals surface area (Å²) in [6.07, 6.45) is 21.9. The molecule has 0 saturated heterocycles. The van der Waals surface area contributed by atoms with E-state index in [1.807, 2.05) is 0 Å². The maximum atomic E-state index is 6.87. The van der Waals surface area contributed by atoms with E-state index in [4.69, 9.17) is 4.74 Å². The molecule has 0 aliphatic heterocycles. The van der Waals surface area contributed by atoms with Gasteiger partial charge in [0.25, 0.3) is 0 Å². The number of aromatic nitrogens is 1. The smallest absolute Gasteiger partial charge is 0.130 e. The highest BCUT2D eigenvalue weighted by molar-refractivity contribution is 6.10. The second-order valence-corrected chi connectivity index (χ2v) is 21.0. The number of para-hydroxylation sites is 2. The van der Waals surface area contributed by atoms with Gasteiger partial charge in [-0.2, -0.15) is 0 Å². The summed E-state index contributed by atoms with van der Waals surface area (Å²) in [5, 5.41) is 2.51. The normalized spacial score (nSPS) is 18.8. The van der Waals surface area contributed by atoms with Gasteiger partial charge in [0.05, 0.1) is 16.4 Å². The first-order chi connectivity index (χ1) is 36.0. The van der Waals surface area contributed by atoms with E-state index in [2.05, 4.69) is 244 Å². The molecule has 8 aromatic carbocycles. The largest absolute Gasteiger partial charge is 0.457 e. The molecule has 1 spiro atoms. The Morgan fingerprint density at radius 1 is 0.575 bits per heavy atom. The summed E-state index contributed by atoms with van der Waals surface area (Å²) in [7, 11) is 0. The molecular formula is C71H57NO. The van der Waals surface area contributed by atoms with Gasteiger partial charge in [0, 0.05) is 22.4 Å². The zero-order chi connectivity index (χ0) is 48.8. The third-order valence-electron chi connectivity index (χ3n) is 16.9. The van der Waals surface area contributed by atoms with Gasteiger partial charge in [-0.25, -0.2) is 0 Å². The SMILES string of the molecule is Cc1ccccc1Oc1ccc2c(c1C)C1(C3=C(CCC=C3)C3=C1C(C)CC=C3)c1cc(-c3ccc4c(c3)c3ccccc3n4-c3cccc(-c4ccc(C(C5=CC=CCC5)c5ccccc5)cc4)c3)ccc1-2. The quantitative estimate of drug-likeness (QED) is 0.148. The molecule has 0 fully saturated rings. The van der Waals surface area contributed by atoms with Crippen molar-refractivity contribution in [2.75, 3.05) is 0 Å². The first-order valence-corrected chi connectivity index (χ1v) is 26.4. The summed E-state index contributed by atoms with van der Waals surface area (Å²) in [5.74, 6) is 2.47. The van der Waals surface area contributed by atoms with Crippen molar-refractivity contribution < 1.29 is 4.74 Å². The lowest BCUT2D eigenvalue weighted by Crippen LogP contribution is -2.32. The van der Waals surface area contributed by atoms with Crippen LogP contribution in [-0.4, -0.2) is 4.57 Å². The Morgan fingerprint density at radius 3 is 2.18 bits per heavy atom. The standard InChI is InChI=1S/C71H57NO/c1-45-18-10-15-31-66(45)73-67-41-39-60-57-38-36-54(44-63(57)71(70(60)47(67)3)62-29-13-11-26-56(62)59-28-16-19-46(2)69(59)71)53-37-40-65-61(43-53)58-27-12-14-30-64(58)72(65)55-25-17-24-52(42-55)48-32-34-51(35-33-48)68(49-20-6-4-7-21-49)50-22-8-5-9-23-50/h4-8,10,12-18,20-22,24-25,27-44,46,68H,9,11,19,23,26H2,1-3H3. The van der Waals surface area contributed by atoms with Crippen LogP contribution in [0.3, 0.4) is 0 Å². The number of aryl methyl sites for hydroxylation is 1. The van der Waals surface area contributed by atoms with Gasteiger partial charge in [-0.15, -0.1) is 0 Å². The first-order valence-electron chi connectivity index (χ1n) is 26.4. The van der Waals surface area contributed by atoms with Crippen LogP contribution in [0.5, 0.6) is 11.5 Å². The van der Waals surface area contributed by atoms with E-state index in [0.717, 1.165) is 54.9 Å². The molecule has 0 N–H and O–H groups in total. The van der Waals surface area contributed by atoms with Crippen LogP contribution < -0.4 is 4.74 Å². The Morgan fingerprint density at radius 2 is 1.32 bits per heavy atom. The number of ether oxygens (including phenoxy) is 1. The summed E-state index contributed by atoms with van der Waals surface area (Å²) in [6.45, 7) is 6.90. The molecule has 1 aromatic heterocycles. The zero-order valence-corrected chi connectivity index (χ0v) is 41.8. The minimum Gasteiger partial charge on any atom is -0.457 e. The second-order valence-electron chi connectivity index (χ2n) is 21.0.